The van der Waals surface area contributed by atoms with Crippen LogP contribution in [-0.2, 0) is 4.79 Å². The summed E-state index contributed by atoms with van der Waals surface area (Å²) in [5, 5.41) is 14.7. The zero-order valence-electron chi connectivity index (χ0n) is 12.1. The minimum absolute atomic E-state index is 0.131. The van der Waals surface area contributed by atoms with Crippen LogP contribution in [0, 0.1) is 0 Å². The van der Waals surface area contributed by atoms with Gasteiger partial charge >= 0.3 is 0 Å². The summed E-state index contributed by atoms with van der Waals surface area (Å²) in [5.74, 6) is 0.616. The van der Waals surface area contributed by atoms with Gasteiger partial charge in [-0.3, -0.25) is 4.79 Å². The molecule has 108 valence electrons. The van der Waals surface area contributed by atoms with Crippen LogP contribution in [0.1, 0.15) is 32.7 Å². The zero-order chi connectivity index (χ0) is 14.8. The number of aromatic nitrogens is 4. The average molecular weight is 283 g/mol. The molecule has 1 saturated carbocycles. The van der Waals surface area contributed by atoms with Gasteiger partial charge in [0.1, 0.15) is 0 Å². The Kier molecular flexibility index (Phi) is 3.51. The summed E-state index contributed by atoms with van der Waals surface area (Å²) >= 11 is 0. The SMILES string of the molecule is CC(C)=CC(=O)Nc1cccc(-c2nnnn2C2CC2)c1. The highest BCUT2D eigenvalue weighted by Crippen LogP contribution is 2.36. The number of hydrogen-bond acceptors (Lipinski definition) is 4. The predicted molar refractivity (Wildman–Crippen MR) is 79.6 cm³/mol. The lowest BCUT2D eigenvalue weighted by Crippen LogP contribution is -2.08. The summed E-state index contributed by atoms with van der Waals surface area (Å²) in [6, 6.07) is 7.99. The Hall–Kier alpha value is -2.50. The third kappa shape index (κ3) is 3.16. The molecular weight excluding hydrogens is 266 g/mol. The van der Waals surface area contributed by atoms with E-state index in [0.717, 1.165) is 35.5 Å². The van der Waals surface area contributed by atoms with Crippen LogP contribution in [0.5, 0.6) is 0 Å². The van der Waals surface area contributed by atoms with Gasteiger partial charge in [0.15, 0.2) is 5.82 Å². The first-order valence-corrected chi connectivity index (χ1v) is 6.97. The first kappa shape index (κ1) is 13.5. The molecule has 0 unspecified atom stereocenters. The van der Waals surface area contributed by atoms with Gasteiger partial charge in [-0.15, -0.1) is 5.10 Å². The predicted octanol–water partition coefficient (Wildman–Crippen LogP) is 2.58. The first-order chi connectivity index (χ1) is 10.1. The summed E-state index contributed by atoms with van der Waals surface area (Å²) in [6.07, 6.45) is 3.81. The molecule has 6 nitrogen and oxygen atoms in total. The van der Waals surface area contributed by atoms with Crippen molar-refractivity contribution >= 4 is 11.6 Å². The lowest BCUT2D eigenvalue weighted by molar-refractivity contribution is -0.111. The minimum atomic E-state index is -0.131. The van der Waals surface area contributed by atoms with Gasteiger partial charge in [0.25, 0.3) is 0 Å². The van der Waals surface area contributed by atoms with Crippen LogP contribution in [0.4, 0.5) is 5.69 Å². The van der Waals surface area contributed by atoms with Crippen LogP contribution in [-0.4, -0.2) is 26.1 Å². The average Bonchev–Trinajstić information content (AvgIpc) is 3.15. The van der Waals surface area contributed by atoms with Crippen molar-refractivity contribution in [2.24, 2.45) is 0 Å². The van der Waals surface area contributed by atoms with Crippen molar-refractivity contribution in [3.05, 3.63) is 35.9 Å². The van der Waals surface area contributed by atoms with Crippen LogP contribution >= 0.6 is 0 Å². The van der Waals surface area contributed by atoms with Gasteiger partial charge in [0.2, 0.25) is 5.91 Å². The summed E-state index contributed by atoms with van der Waals surface area (Å²) < 4.78 is 1.86. The molecule has 1 aromatic carbocycles. The quantitative estimate of drug-likeness (QED) is 0.875. The van der Waals surface area contributed by atoms with E-state index >= 15 is 0 Å². The van der Waals surface area contributed by atoms with Crippen molar-refractivity contribution in [3.63, 3.8) is 0 Å². The van der Waals surface area contributed by atoms with E-state index in [1.165, 1.54) is 0 Å². The van der Waals surface area contributed by atoms with E-state index in [0.29, 0.717) is 6.04 Å². The van der Waals surface area contributed by atoms with Gasteiger partial charge < -0.3 is 5.32 Å². The Labute approximate surface area is 122 Å². The van der Waals surface area contributed by atoms with Crippen molar-refractivity contribution in [1.82, 2.24) is 20.2 Å². The molecule has 0 aliphatic heterocycles. The van der Waals surface area contributed by atoms with E-state index in [4.69, 9.17) is 0 Å². The van der Waals surface area contributed by atoms with E-state index in [9.17, 15) is 4.79 Å². The van der Waals surface area contributed by atoms with Crippen molar-refractivity contribution < 1.29 is 4.79 Å². The molecule has 1 aromatic heterocycles. The second kappa shape index (κ2) is 5.47. The topological polar surface area (TPSA) is 72.7 Å². The lowest BCUT2D eigenvalue weighted by atomic mass is 10.2. The molecule has 0 bridgehead atoms. The summed E-state index contributed by atoms with van der Waals surface area (Å²) in [6.45, 7) is 3.78. The monoisotopic (exact) mass is 283 g/mol. The highest BCUT2D eigenvalue weighted by Gasteiger charge is 2.28. The molecule has 1 fully saturated rings. The van der Waals surface area contributed by atoms with E-state index in [1.54, 1.807) is 6.08 Å². The molecule has 0 saturated heterocycles. The van der Waals surface area contributed by atoms with E-state index in [2.05, 4.69) is 20.8 Å². The number of hydrogen-bond donors (Lipinski definition) is 1. The Morgan fingerprint density at radius 2 is 2.19 bits per heavy atom. The Morgan fingerprint density at radius 1 is 1.38 bits per heavy atom. The highest BCUT2D eigenvalue weighted by atomic mass is 16.1. The minimum Gasteiger partial charge on any atom is -0.322 e. The maximum absolute atomic E-state index is 11.8. The standard InChI is InChI=1S/C15H17N5O/c1-10(2)8-14(21)16-12-5-3-4-11(9-12)15-17-18-19-20(15)13-6-7-13/h3-5,8-9,13H,6-7H2,1-2H3,(H,16,21). The number of carbonyl (C=O) groups is 1. The number of amides is 1. The zero-order valence-corrected chi connectivity index (χ0v) is 12.1. The van der Waals surface area contributed by atoms with Gasteiger partial charge in [-0.1, -0.05) is 17.7 Å². The number of carbonyl (C=O) groups excluding carboxylic acids is 1. The number of anilines is 1. The second-order valence-corrected chi connectivity index (χ2v) is 5.47. The molecule has 0 radical (unpaired) electrons. The number of rotatable bonds is 4. The van der Waals surface area contributed by atoms with Gasteiger partial charge in [-0.2, -0.15) is 0 Å². The number of nitrogens with one attached hydrogen (secondary N) is 1. The van der Waals surface area contributed by atoms with Crippen molar-refractivity contribution in [2.45, 2.75) is 32.7 Å². The van der Waals surface area contributed by atoms with E-state index < -0.39 is 0 Å². The number of allylic oxidation sites excluding steroid dienone is 1. The fourth-order valence-electron chi connectivity index (χ4n) is 2.13. The number of benzene rings is 1. The molecule has 1 N–H and O–H groups in total. The molecule has 21 heavy (non-hydrogen) atoms. The molecule has 3 rings (SSSR count). The highest BCUT2D eigenvalue weighted by molar-refractivity contribution is 5.99. The van der Waals surface area contributed by atoms with Crippen LogP contribution < -0.4 is 5.32 Å². The van der Waals surface area contributed by atoms with E-state index in [1.807, 2.05) is 42.8 Å². The molecule has 1 heterocycles. The van der Waals surface area contributed by atoms with Crippen molar-refractivity contribution in [3.8, 4) is 11.4 Å². The third-order valence-electron chi connectivity index (χ3n) is 3.19. The Morgan fingerprint density at radius 3 is 2.90 bits per heavy atom. The second-order valence-electron chi connectivity index (χ2n) is 5.47. The van der Waals surface area contributed by atoms with Gasteiger partial charge in [0, 0.05) is 17.3 Å². The van der Waals surface area contributed by atoms with Crippen molar-refractivity contribution in [2.75, 3.05) is 5.32 Å². The largest absolute Gasteiger partial charge is 0.322 e. The molecule has 0 spiro atoms. The normalized spacial score (nSPS) is 13.8. The molecule has 1 amide bonds. The first-order valence-electron chi connectivity index (χ1n) is 6.97. The van der Waals surface area contributed by atoms with Crippen LogP contribution in [0.3, 0.4) is 0 Å². The van der Waals surface area contributed by atoms with E-state index in [-0.39, 0.29) is 5.91 Å². The maximum atomic E-state index is 11.8. The molecule has 2 aromatic rings. The fraction of sp³-hybridized carbons (Fsp3) is 0.333. The number of tetrazole rings is 1. The molecule has 1 aliphatic rings. The molecule has 6 heteroatoms. The summed E-state index contributed by atoms with van der Waals surface area (Å²) in [7, 11) is 0. The molecule has 0 atom stereocenters. The van der Waals surface area contributed by atoms with Crippen LogP contribution in [0.25, 0.3) is 11.4 Å². The van der Waals surface area contributed by atoms with Crippen LogP contribution in [0.2, 0.25) is 0 Å². The summed E-state index contributed by atoms with van der Waals surface area (Å²) in [4.78, 5) is 11.8. The third-order valence-corrected chi connectivity index (χ3v) is 3.19. The number of nitrogens with zero attached hydrogens (tertiary/aromatic N) is 4. The fourth-order valence-corrected chi connectivity index (χ4v) is 2.13. The van der Waals surface area contributed by atoms with Crippen LogP contribution in [0.15, 0.2) is 35.9 Å². The van der Waals surface area contributed by atoms with Crippen molar-refractivity contribution in [1.29, 1.82) is 0 Å². The van der Waals surface area contributed by atoms with Gasteiger partial charge in [0.05, 0.1) is 6.04 Å². The summed E-state index contributed by atoms with van der Waals surface area (Å²) in [5.41, 5.74) is 2.60. The maximum Gasteiger partial charge on any atom is 0.248 e. The molecular formula is C15H17N5O. The van der Waals surface area contributed by atoms with Gasteiger partial charge in [-0.05, 0) is 49.2 Å². The lowest BCUT2D eigenvalue weighted by Gasteiger charge is -2.06. The Bertz CT molecular complexity index is 696. The smallest absolute Gasteiger partial charge is 0.248 e. The van der Waals surface area contributed by atoms with Gasteiger partial charge in [-0.25, -0.2) is 4.68 Å². The molecule has 1 aliphatic carbocycles. The Balaban J connectivity index is 1.84.